The fourth-order valence-electron chi connectivity index (χ4n) is 2.46. The quantitative estimate of drug-likeness (QED) is 0.308. The molecular weight excluding hydrogens is 362 g/mol. The van der Waals surface area contributed by atoms with E-state index in [-0.39, 0.29) is 23.6 Å². The minimum Gasteiger partial charge on any atom is -0.469 e. The number of ketones is 1. The van der Waals surface area contributed by atoms with Crippen LogP contribution in [-0.4, -0.2) is 30.5 Å². The molecule has 2 aromatic rings. The molecule has 0 spiro atoms. The Kier molecular flexibility index (Phi) is 8.07. The molecule has 0 bridgehead atoms. The van der Waals surface area contributed by atoms with Gasteiger partial charge in [0.05, 0.1) is 13.0 Å². The Balaban J connectivity index is 1.92. The summed E-state index contributed by atoms with van der Waals surface area (Å²) in [5.41, 5.74) is 1.96. The van der Waals surface area contributed by atoms with E-state index in [1.54, 1.807) is 37.3 Å². The Morgan fingerprint density at radius 2 is 1.74 bits per heavy atom. The van der Waals surface area contributed by atoms with E-state index in [9.17, 15) is 14.4 Å². The largest absolute Gasteiger partial charge is 0.469 e. The molecule has 0 aromatic heterocycles. The Morgan fingerprint density at radius 1 is 1.04 bits per heavy atom. The van der Waals surface area contributed by atoms with Crippen molar-refractivity contribution in [3.63, 3.8) is 0 Å². The van der Waals surface area contributed by atoms with Crippen LogP contribution in [0.3, 0.4) is 0 Å². The topological polar surface area (TPSA) is 72.5 Å². The van der Waals surface area contributed by atoms with Gasteiger partial charge in [-0.05, 0) is 25.0 Å². The summed E-state index contributed by atoms with van der Waals surface area (Å²) >= 11 is 1.27. The average molecular weight is 385 g/mol. The van der Waals surface area contributed by atoms with E-state index in [1.807, 2.05) is 24.3 Å². The summed E-state index contributed by atoms with van der Waals surface area (Å²) in [6.45, 7) is 1.80. The molecule has 142 valence electrons. The molecule has 0 fully saturated rings. The third-order valence-corrected chi connectivity index (χ3v) is 4.94. The van der Waals surface area contributed by atoms with E-state index in [0.29, 0.717) is 29.7 Å². The first-order valence-electron chi connectivity index (χ1n) is 8.71. The van der Waals surface area contributed by atoms with Gasteiger partial charge in [0.1, 0.15) is 0 Å². The summed E-state index contributed by atoms with van der Waals surface area (Å²) in [5, 5.41) is 0. The Labute approximate surface area is 163 Å². The standard InChI is InChI=1S/C21H23NO4S/c1-15(21(25)22-27-13-7-12-19(23)26-2)17-10-6-11-18(14-17)20(24)16-8-4-3-5-9-16/h3-6,8-11,14-15H,7,12-13H2,1-2H3,(H,22,25). The van der Waals surface area contributed by atoms with Gasteiger partial charge in [-0.1, -0.05) is 60.5 Å². The SMILES string of the molecule is COC(=O)CCCSNC(=O)C(C)c1cccc(C(=O)c2ccccc2)c1. The number of rotatable bonds is 9. The Hall–Kier alpha value is -2.60. The maximum Gasteiger partial charge on any atom is 0.305 e. The van der Waals surface area contributed by atoms with Gasteiger partial charge in [-0.3, -0.25) is 19.1 Å². The van der Waals surface area contributed by atoms with Crippen molar-refractivity contribution in [2.24, 2.45) is 0 Å². The molecule has 0 aliphatic carbocycles. The number of carbonyl (C=O) groups is 3. The summed E-state index contributed by atoms with van der Waals surface area (Å²) in [6, 6.07) is 16.2. The zero-order valence-corrected chi connectivity index (χ0v) is 16.3. The van der Waals surface area contributed by atoms with Crippen LogP contribution in [0.1, 0.15) is 47.2 Å². The molecule has 5 nitrogen and oxygen atoms in total. The van der Waals surface area contributed by atoms with Crippen LogP contribution in [0.2, 0.25) is 0 Å². The molecule has 1 unspecified atom stereocenters. The highest BCUT2D eigenvalue weighted by Crippen LogP contribution is 2.20. The number of nitrogens with one attached hydrogen (secondary N) is 1. The van der Waals surface area contributed by atoms with E-state index >= 15 is 0 Å². The van der Waals surface area contributed by atoms with Crippen LogP contribution in [0.15, 0.2) is 54.6 Å². The van der Waals surface area contributed by atoms with Gasteiger partial charge in [-0.25, -0.2) is 0 Å². The molecule has 0 radical (unpaired) electrons. The zero-order valence-electron chi connectivity index (χ0n) is 15.4. The number of hydrogen-bond donors (Lipinski definition) is 1. The molecule has 1 amide bonds. The third kappa shape index (κ3) is 6.25. The molecule has 6 heteroatoms. The van der Waals surface area contributed by atoms with Gasteiger partial charge < -0.3 is 4.74 Å². The van der Waals surface area contributed by atoms with Crippen molar-refractivity contribution in [3.05, 3.63) is 71.3 Å². The van der Waals surface area contributed by atoms with E-state index < -0.39 is 0 Å². The normalized spacial score (nSPS) is 11.5. The monoisotopic (exact) mass is 385 g/mol. The van der Waals surface area contributed by atoms with Crippen molar-refractivity contribution in [2.75, 3.05) is 12.9 Å². The van der Waals surface area contributed by atoms with Gasteiger partial charge in [-0.15, -0.1) is 0 Å². The van der Waals surface area contributed by atoms with Gasteiger partial charge >= 0.3 is 5.97 Å². The van der Waals surface area contributed by atoms with Crippen molar-refractivity contribution < 1.29 is 19.1 Å². The molecule has 1 N–H and O–H groups in total. The third-order valence-electron chi connectivity index (χ3n) is 4.11. The van der Waals surface area contributed by atoms with Crippen LogP contribution in [0.4, 0.5) is 0 Å². The molecule has 0 saturated heterocycles. The van der Waals surface area contributed by atoms with Gasteiger partial charge in [0.2, 0.25) is 5.91 Å². The van der Waals surface area contributed by atoms with E-state index in [0.717, 1.165) is 5.56 Å². The Bertz CT molecular complexity index is 792. The molecular formula is C21H23NO4S. The molecule has 0 aliphatic heterocycles. The predicted octanol–water partition coefficient (Wildman–Crippen LogP) is 3.74. The summed E-state index contributed by atoms with van der Waals surface area (Å²) in [7, 11) is 1.36. The van der Waals surface area contributed by atoms with E-state index in [1.165, 1.54) is 19.1 Å². The first-order chi connectivity index (χ1) is 13.0. The summed E-state index contributed by atoms with van der Waals surface area (Å²) in [4.78, 5) is 36.0. The number of ether oxygens (including phenoxy) is 1. The fraction of sp³-hybridized carbons (Fsp3) is 0.286. The summed E-state index contributed by atoms with van der Waals surface area (Å²) < 4.78 is 7.37. The van der Waals surface area contributed by atoms with Crippen LogP contribution in [0.25, 0.3) is 0 Å². The lowest BCUT2D eigenvalue weighted by molar-refractivity contribution is -0.140. The van der Waals surface area contributed by atoms with Crippen LogP contribution < -0.4 is 4.72 Å². The highest BCUT2D eigenvalue weighted by atomic mass is 32.2. The molecule has 27 heavy (non-hydrogen) atoms. The smallest absolute Gasteiger partial charge is 0.305 e. The lowest BCUT2D eigenvalue weighted by Gasteiger charge is -2.13. The van der Waals surface area contributed by atoms with E-state index in [2.05, 4.69) is 9.46 Å². The molecule has 2 rings (SSSR count). The van der Waals surface area contributed by atoms with Crippen LogP contribution >= 0.6 is 11.9 Å². The minimum absolute atomic E-state index is 0.0674. The molecule has 0 heterocycles. The fourth-order valence-corrected chi connectivity index (χ4v) is 3.17. The summed E-state index contributed by atoms with van der Waals surface area (Å²) in [6.07, 6.45) is 0.964. The van der Waals surface area contributed by atoms with Crippen molar-refractivity contribution in [1.82, 2.24) is 4.72 Å². The first kappa shape index (κ1) is 20.7. The minimum atomic E-state index is -0.387. The second-order valence-electron chi connectivity index (χ2n) is 6.04. The lowest BCUT2D eigenvalue weighted by atomic mass is 9.95. The zero-order chi connectivity index (χ0) is 19.6. The van der Waals surface area contributed by atoms with E-state index in [4.69, 9.17) is 0 Å². The van der Waals surface area contributed by atoms with Crippen molar-refractivity contribution in [1.29, 1.82) is 0 Å². The average Bonchev–Trinajstić information content (AvgIpc) is 2.72. The number of carbonyl (C=O) groups excluding carboxylic acids is 3. The number of hydrogen-bond acceptors (Lipinski definition) is 5. The van der Waals surface area contributed by atoms with Gasteiger partial charge in [0.25, 0.3) is 0 Å². The maximum atomic E-state index is 12.6. The lowest BCUT2D eigenvalue weighted by Crippen LogP contribution is -2.23. The molecule has 1 atom stereocenters. The van der Waals surface area contributed by atoms with Crippen LogP contribution in [0.5, 0.6) is 0 Å². The Morgan fingerprint density at radius 3 is 2.44 bits per heavy atom. The second kappa shape index (κ2) is 10.5. The number of amides is 1. The van der Waals surface area contributed by atoms with Gasteiger partial charge in [-0.2, -0.15) is 0 Å². The highest BCUT2D eigenvalue weighted by molar-refractivity contribution is 7.97. The van der Waals surface area contributed by atoms with Crippen molar-refractivity contribution in [2.45, 2.75) is 25.7 Å². The summed E-state index contributed by atoms with van der Waals surface area (Å²) in [5.74, 6) is -0.221. The van der Waals surface area contributed by atoms with Crippen LogP contribution in [-0.2, 0) is 14.3 Å². The maximum absolute atomic E-state index is 12.6. The molecule has 0 aliphatic rings. The van der Waals surface area contributed by atoms with Gasteiger partial charge in [0, 0.05) is 23.3 Å². The second-order valence-corrected chi connectivity index (χ2v) is 6.94. The molecule has 2 aromatic carbocycles. The first-order valence-corrected chi connectivity index (χ1v) is 9.69. The number of methoxy groups -OCH3 is 1. The predicted molar refractivity (Wildman–Crippen MR) is 107 cm³/mol. The van der Waals surface area contributed by atoms with Gasteiger partial charge in [0.15, 0.2) is 5.78 Å². The van der Waals surface area contributed by atoms with Crippen molar-refractivity contribution in [3.8, 4) is 0 Å². The van der Waals surface area contributed by atoms with Crippen LogP contribution in [0, 0.1) is 0 Å². The number of esters is 1. The highest BCUT2D eigenvalue weighted by Gasteiger charge is 2.17. The number of benzene rings is 2. The van der Waals surface area contributed by atoms with Crippen molar-refractivity contribution >= 4 is 29.6 Å². The molecule has 0 saturated carbocycles.